The van der Waals surface area contributed by atoms with Crippen LogP contribution in [0.2, 0.25) is 0 Å². The molecule has 1 N–H and O–H groups in total. The first-order valence-electron chi connectivity index (χ1n) is 7.02. The van der Waals surface area contributed by atoms with Crippen molar-refractivity contribution in [2.24, 2.45) is 0 Å². The number of benzene rings is 1. The van der Waals surface area contributed by atoms with Gasteiger partial charge in [-0.1, -0.05) is 37.3 Å². The fraction of sp³-hybridized carbons (Fsp3) is 0.438. The summed E-state index contributed by atoms with van der Waals surface area (Å²) in [6.45, 7) is 6.35. The summed E-state index contributed by atoms with van der Waals surface area (Å²) in [6, 6.07) is 10.4. The Morgan fingerprint density at radius 3 is 2.60 bits per heavy atom. The second kappa shape index (κ2) is 7.53. The van der Waals surface area contributed by atoms with E-state index in [-0.39, 0.29) is 6.10 Å². The van der Waals surface area contributed by atoms with Gasteiger partial charge in [-0.3, -0.25) is 4.90 Å². The van der Waals surface area contributed by atoms with Crippen molar-refractivity contribution in [1.29, 1.82) is 0 Å². The van der Waals surface area contributed by atoms with Gasteiger partial charge in [-0.15, -0.1) is 11.3 Å². The first kappa shape index (κ1) is 15.2. The summed E-state index contributed by atoms with van der Waals surface area (Å²) in [4.78, 5) is 6.79. The van der Waals surface area contributed by atoms with Gasteiger partial charge in [0.25, 0.3) is 0 Å². The van der Waals surface area contributed by atoms with Gasteiger partial charge in [-0.2, -0.15) is 0 Å². The van der Waals surface area contributed by atoms with Crippen LogP contribution in [-0.2, 0) is 13.1 Å². The molecule has 0 radical (unpaired) electrons. The molecule has 2 aromatic rings. The first-order chi connectivity index (χ1) is 9.67. The standard InChI is InChI=1S/C16H22N2OS/c1-3-15(19)10-18(9-14-7-5-4-6-8-14)11-16-17-13(2)12-20-16/h4-8,12,15,19H,3,9-11H2,1-2H3. The third-order valence-electron chi connectivity index (χ3n) is 3.21. The van der Waals surface area contributed by atoms with E-state index in [4.69, 9.17) is 0 Å². The molecule has 3 nitrogen and oxygen atoms in total. The lowest BCUT2D eigenvalue weighted by molar-refractivity contribution is 0.101. The molecule has 0 aliphatic carbocycles. The van der Waals surface area contributed by atoms with E-state index in [2.05, 4.69) is 39.5 Å². The summed E-state index contributed by atoms with van der Waals surface area (Å²) in [6.07, 6.45) is 0.502. The minimum Gasteiger partial charge on any atom is -0.392 e. The second-order valence-electron chi connectivity index (χ2n) is 5.10. The van der Waals surface area contributed by atoms with Gasteiger partial charge in [0, 0.05) is 24.2 Å². The van der Waals surface area contributed by atoms with Crippen molar-refractivity contribution < 1.29 is 5.11 Å². The van der Waals surface area contributed by atoms with Crippen molar-refractivity contribution in [3.05, 3.63) is 52.0 Å². The van der Waals surface area contributed by atoms with Crippen molar-refractivity contribution >= 4 is 11.3 Å². The van der Waals surface area contributed by atoms with Crippen LogP contribution in [0.5, 0.6) is 0 Å². The molecule has 0 spiro atoms. The molecule has 108 valence electrons. The van der Waals surface area contributed by atoms with Crippen molar-refractivity contribution in [2.45, 2.75) is 39.5 Å². The largest absolute Gasteiger partial charge is 0.392 e. The molecule has 2 rings (SSSR count). The minimum absolute atomic E-state index is 0.278. The number of nitrogens with zero attached hydrogens (tertiary/aromatic N) is 2. The van der Waals surface area contributed by atoms with E-state index in [1.165, 1.54) is 5.56 Å². The number of rotatable bonds is 7. The predicted molar refractivity (Wildman–Crippen MR) is 83.7 cm³/mol. The molecule has 0 saturated heterocycles. The molecule has 0 bridgehead atoms. The van der Waals surface area contributed by atoms with E-state index >= 15 is 0 Å². The summed E-state index contributed by atoms with van der Waals surface area (Å²) in [7, 11) is 0. The molecular weight excluding hydrogens is 268 g/mol. The lowest BCUT2D eigenvalue weighted by Crippen LogP contribution is -2.31. The zero-order chi connectivity index (χ0) is 14.4. The highest BCUT2D eigenvalue weighted by Gasteiger charge is 2.13. The predicted octanol–water partition coefficient (Wildman–Crippen LogP) is 3.22. The molecule has 1 heterocycles. The molecule has 0 amide bonds. The number of aromatic nitrogens is 1. The van der Waals surface area contributed by atoms with E-state index in [9.17, 15) is 5.11 Å². The lowest BCUT2D eigenvalue weighted by atomic mass is 10.2. The van der Waals surface area contributed by atoms with E-state index in [1.807, 2.05) is 19.9 Å². The molecular formula is C16H22N2OS. The van der Waals surface area contributed by atoms with Gasteiger partial charge >= 0.3 is 0 Å². The molecule has 1 unspecified atom stereocenters. The van der Waals surface area contributed by atoms with Crippen LogP contribution < -0.4 is 0 Å². The molecule has 0 saturated carbocycles. The van der Waals surface area contributed by atoms with E-state index in [1.54, 1.807) is 11.3 Å². The van der Waals surface area contributed by atoms with Gasteiger partial charge in [0.15, 0.2) is 0 Å². The summed E-state index contributed by atoms with van der Waals surface area (Å²) in [5, 5.41) is 13.1. The average molecular weight is 290 g/mol. The topological polar surface area (TPSA) is 36.4 Å². The van der Waals surface area contributed by atoms with Gasteiger partial charge < -0.3 is 5.11 Å². The molecule has 1 aromatic carbocycles. The van der Waals surface area contributed by atoms with E-state index < -0.39 is 0 Å². The Morgan fingerprint density at radius 2 is 2.00 bits per heavy atom. The molecule has 20 heavy (non-hydrogen) atoms. The Kier molecular flexibility index (Phi) is 5.71. The Morgan fingerprint density at radius 1 is 1.25 bits per heavy atom. The number of hydrogen-bond donors (Lipinski definition) is 1. The molecule has 0 aliphatic rings. The van der Waals surface area contributed by atoms with Crippen LogP contribution >= 0.6 is 11.3 Å². The van der Waals surface area contributed by atoms with Gasteiger partial charge in [0.05, 0.1) is 12.6 Å². The summed E-state index contributed by atoms with van der Waals surface area (Å²) >= 11 is 1.69. The van der Waals surface area contributed by atoms with Crippen molar-refractivity contribution in [2.75, 3.05) is 6.54 Å². The lowest BCUT2D eigenvalue weighted by Gasteiger charge is -2.23. The SMILES string of the molecule is CCC(O)CN(Cc1ccccc1)Cc1nc(C)cs1. The second-order valence-corrected chi connectivity index (χ2v) is 6.04. The van der Waals surface area contributed by atoms with Gasteiger partial charge in [0.2, 0.25) is 0 Å². The Hall–Kier alpha value is -1.23. The third kappa shape index (κ3) is 4.71. The summed E-state index contributed by atoms with van der Waals surface area (Å²) in [5.41, 5.74) is 2.34. The molecule has 0 aliphatic heterocycles. The number of aliphatic hydroxyl groups is 1. The quantitative estimate of drug-likeness (QED) is 0.850. The maximum Gasteiger partial charge on any atom is 0.107 e. The van der Waals surface area contributed by atoms with Crippen molar-refractivity contribution in [1.82, 2.24) is 9.88 Å². The van der Waals surface area contributed by atoms with Crippen LogP contribution in [0.15, 0.2) is 35.7 Å². The summed E-state index contributed by atoms with van der Waals surface area (Å²) < 4.78 is 0. The van der Waals surface area contributed by atoms with Crippen LogP contribution in [0.25, 0.3) is 0 Å². The number of aryl methyl sites for hydroxylation is 1. The van der Waals surface area contributed by atoms with Crippen LogP contribution in [0.3, 0.4) is 0 Å². The number of hydrogen-bond acceptors (Lipinski definition) is 4. The van der Waals surface area contributed by atoms with Gasteiger partial charge in [-0.25, -0.2) is 4.98 Å². The van der Waals surface area contributed by atoms with Crippen LogP contribution in [-0.4, -0.2) is 27.6 Å². The Balaban J connectivity index is 2.03. The highest BCUT2D eigenvalue weighted by atomic mass is 32.1. The smallest absolute Gasteiger partial charge is 0.107 e. The van der Waals surface area contributed by atoms with Crippen molar-refractivity contribution in [3.8, 4) is 0 Å². The Labute approximate surface area is 124 Å². The fourth-order valence-corrected chi connectivity index (χ4v) is 2.93. The normalized spacial score (nSPS) is 12.8. The first-order valence-corrected chi connectivity index (χ1v) is 7.90. The average Bonchev–Trinajstić information content (AvgIpc) is 2.85. The van der Waals surface area contributed by atoms with E-state index in [0.717, 1.165) is 30.2 Å². The highest BCUT2D eigenvalue weighted by Crippen LogP contribution is 2.15. The number of aliphatic hydroxyl groups excluding tert-OH is 1. The van der Waals surface area contributed by atoms with Crippen molar-refractivity contribution in [3.63, 3.8) is 0 Å². The zero-order valence-electron chi connectivity index (χ0n) is 12.1. The fourth-order valence-electron chi connectivity index (χ4n) is 2.12. The highest BCUT2D eigenvalue weighted by molar-refractivity contribution is 7.09. The zero-order valence-corrected chi connectivity index (χ0v) is 12.9. The molecule has 1 aromatic heterocycles. The van der Waals surface area contributed by atoms with Crippen LogP contribution in [0.4, 0.5) is 0 Å². The third-order valence-corrected chi connectivity index (χ3v) is 4.17. The maximum absolute atomic E-state index is 9.93. The monoisotopic (exact) mass is 290 g/mol. The van der Waals surface area contributed by atoms with Crippen LogP contribution in [0, 0.1) is 6.92 Å². The molecule has 1 atom stereocenters. The Bertz CT molecular complexity index is 512. The van der Waals surface area contributed by atoms with Gasteiger partial charge in [-0.05, 0) is 18.9 Å². The van der Waals surface area contributed by atoms with Crippen LogP contribution in [0.1, 0.15) is 29.6 Å². The van der Waals surface area contributed by atoms with Gasteiger partial charge in [0.1, 0.15) is 5.01 Å². The minimum atomic E-state index is -0.278. The maximum atomic E-state index is 9.93. The molecule has 4 heteroatoms. The number of thiazole rings is 1. The molecule has 0 fully saturated rings. The van der Waals surface area contributed by atoms with E-state index in [0.29, 0.717) is 6.54 Å². The summed E-state index contributed by atoms with van der Waals surface area (Å²) in [5.74, 6) is 0.